The zero-order valence-corrected chi connectivity index (χ0v) is 17.2. The van der Waals surface area contributed by atoms with Gasteiger partial charge in [-0.05, 0) is 29.6 Å². The van der Waals surface area contributed by atoms with Crippen LogP contribution in [0.3, 0.4) is 0 Å². The third kappa shape index (κ3) is 5.32. The van der Waals surface area contributed by atoms with E-state index < -0.39 is 23.8 Å². The monoisotopic (exact) mass is 452 g/mol. The molecular formula is C20H15Cl2FN2O3S. The minimum absolute atomic E-state index is 0.0709. The predicted octanol–water partition coefficient (Wildman–Crippen LogP) is 4.85. The molecule has 0 fully saturated rings. The first-order chi connectivity index (χ1) is 14.0. The van der Waals surface area contributed by atoms with Crippen molar-refractivity contribution < 1.29 is 18.7 Å². The molecule has 150 valence electrons. The summed E-state index contributed by atoms with van der Waals surface area (Å²) in [7, 11) is 0. The van der Waals surface area contributed by atoms with Crippen LogP contribution in [0.2, 0.25) is 9.36 Å². The Morgan fingerprint density at radius 3 is 2.45 bits per heavy atom. The third-order valence-corrected chi connectivity index (χ3v) is 5.61. The van der Waals surface area contributed by atoms with E-state index in [1.54, 1.807) is 6.07 Å². The third-order valence-electron chi connectivity index (χ3n) is 4.00. The number of esters is 1. The van der Waals surface area contributed by atoms with Crippen molar-refractivity contribution in [3.8, 4) is 0 Å². The van der Waals surface area contributed by atoms with Crippen LogP contribution in [0.1, 0.15) is 27.7 Å². The Kier molecular flexibility index (Phi) is 7.19. The first kappa shape index (κ1) is 21.2. The number of aromatic nitrogens is 1. The van der Waals surface area contributed by atoms with E-state index in [1.165, 1.54) is 18.2 Å². The van der Waals surface area contributed by atoms with E-state index in [0.29, 0.717) is 6.42 Å². The average molecular weight is 453 g/mol. The molecule has 0 spiro atoms. The lowest BCUT2D eigenvalue weighted by Gasteiger charge is -2.18. The van der Waals surface area contributed by atoms with Crippen LogP contribution in [-0.4, -0.2) is 22.8 Å². The second-order valence-electron chi connectivity index (χ2n) is 5.95. The number of amides is 1. The minimum Gasteiger partial charge on any atom is -0.442 e. The van der Waals surface area contributed by atoms with Crippen LogP contribution in [-0.2, 0) is 16.0 Å². The van der Waals surface area contributed by atoms with Crippen molar-refractivity contribution in [1.82, 2.24) is 9.69 Å². The Hall–Kier alpha value is -2.48. The second kappa shape index (κ2) is 9.82. The molecule has 0 radical (unpaired) electrons. The molecule has 2 aromatic carbocycles. The van der Waals surface area contributed by atoms with Gasteiger partial charge in [0, 0.05) is 12.1 Å². The molecule has 1 atom stereocenters. The molecule has 0 saturated heterocycles. The summed E-state index contributed by atoms with van der Waals surface area (Å²) in [4.78, 5) is 25.2. The maximum atomic E-state index is 14.3. The molecule has 0 unspecified atom stereocenters. The summed E-state index contributed by atoms with van der Waals surface area (Å²) in [6, 6.07) is 15.1. The summed E-state index contributed by atoms with van der Waals surface area (Å²) in [5.41, 5.74) is 0.728. The van der Waals surface area contributed by atoms with Gasteiger partial charge in [0.15, 0.2) is 5.69 Å². The van der Waals surface area contributed by atoms with Crippen LogP contribution in [0.4, 0.5) is 4.39 Å². The van der Waals surface area contributed by atoms with Gasteiger partial charge < -0.3 is 10.1 Å². The molecule has 0 bridgehead atoms. The average Bonchev–Trinajstić information content (AvgIpc) is 3.06. The number of benzene rings is 2. The summed E-state index contributed by atoms with van der Waals surface area (Å²) >= 11 is 12.6. The zero-order chi connectivity index (χ0) is 20.8. The largest absolute Gasteiger partial charge is 0.442 e. The van der Waals surface area contributed by atoms with Gasteiger partial charge >= 0.3 is 5.97 Å². The van der Waals surface area contributed by atoms with Crippen LogP contribution in [0.15, 0.2) is 54.6 Å². The van der Waals surface area contributed by atoms with E-state index in [9.17, 15) is 14.0 Å². The summed E-state index contributed by atoms with van der Waals surface area (Å²) < 4.78 is 23.5. The molecule has 29 heavy (non-hydrogen) atoms. The second-order valence-corrected chi connectivity index (χ2v) is 7.71. The maximum absolute atomic E-state index is 14.3. The normalized spacial score (nSPS) is 11.7. The molecule has 3 rings (SSSR count). The lowest BCUT2D eigenvalue weighted by molar-refractivity contribution is -0.130. The summed E-state index contributed by atoms with van der Waals surface area (Å²) in [5.74, 6) is -2.30. The fourth-order valence-corrected chi connectivity index (χ4v) is 3.54. The van der Waals surface area contributed by atoms with Gasteiger partial charge in [-0.1, -0.05) is 71.7 Å². The maximum Gasteiger partial charge on any atom is 0.360 e. The molecule has 1 heterocycles. The molecular weight excluding hydrogens is 438 g/mol. The van der Waals surface area contributed by atoms with Gasteiger partial charge in [0.2, 0.25) is 6.10 Å². The number of carbonyl (C=O) groups excluding carboxylic acids is 2. The van der Waals surface area contributed by atoms with E-state index >= 15 is 0 Å². The molecule has 0 aliphatic heterocycles. The van der Waals surface area contributed by atoms with Gasteiger partial charge in [0.25, 0.3) is 5.91 Å². The molecule has 0 saturated carbocycles. The highest BCUT2D eigenvalue weighted by molar-refractivity contribution is 7.11. The zero-order valence-electron chi connectivity index (χ0n) is 14.9. The van der Waals surface area contributed by atoms with Gasteiger partial charge in [-0.15, -0.1) is 0 Å². The van der Waals surface area contributed by atoms with Gasteiger partial charge in [-0.25, -0.2) is 9.18 Å². The number of nitrogens with zero attached hydrogens (tertiary/aromatic N) is 1. The summed E-state index contributed by atoms with van der Waals surface area (Å²) in [6.45, 7) is 0.286. The fraction of sp³-hybridized carbons (Fsp3) is 0.150. The van der Waals surface area contributed by atoms with Crippen molar-refractivity contribution in [3.05, 3.63) is 86.6 Å². The van der Waals surface area contributed by atoms with E-state index in [1.807, 2.05) is 30.3 Å². The van der Waals surface area contributed by atoms with E-state index in [-0.39, 0.29) is 27.2 Å². The number of carbonyl (C=O) groups is 2. The number of ether oxygens (including phenoxy) is 1. The molecule has 0 aliphatic rings. The van der Waals surface area contributed by atoms with E-state index in [2.05, 4.69) is 9.69 Å². The quantitative estimate of drug-likeness (QED) is 0.520. The van der Waals surface area contributed by atoms with Gasteiger partial charge in [-0.3, -0.25) is 4.79 Å². The van der Waals surface area contributed by atoms with Crippen LogP contribution >= 0.6 is 34.7 Å². The Labute approximate surface area is 180 Å². The Morgan fingerprint density at radius 2 is 1.79 bits per heavy atom. The van der Waals surface area contributed by atoms with Crippen molar-refractivity contribution in [2.45, 2.75) is 12.5 Å². The highest BCUT2D eigenvalue weighted by Crippen LogP contribution is 2.31. The predicted molar refractivity (Wildman–Crippen MR) is 110 cm³/mol. The van der Waals surface area contributed by atoms with Crippen LogP contribution in [0.25, 0.3) is 0 Å². The summed E-state index contributed by atoms with van der Waals surface area (Å²) in [5, 5.41) is 2.60. The summed E-state index contributed by atoms with van der Waals surface area (Å²) in [6.07, 6.45) is -0.936. The molecule has 0 aliphatic carbocycles. The first-order valence-electron chi connectivity index (χ1n) is 8.55. The van der Waals surface area contributed by atoms with Crippen molar-refractivity contribution in [3.63, 3.8) is 0 Å². The lowest BCUT2D eigenvalue weighted by Crippen LogP contribution is -2.34. The topological polar surface area (TPSA) is 68.3 Å². The van der Waals surface area contributed by atoms with Crippen LogP contribution < -0.4 is 5.32 Å². The fourth-order valence-electron chi connectivity index (χ4n) is 2.56. The Bertz CT molecular complexity index is 1010. The number of halogens is 3. The van der Waals surface area contributed by atoms with Crippen molar-refractivity contribution >= 4 is 46.6 Å². The molecule has 3 aromatic rings. The smallest absolute Gasteiger partial charge is 0.360 e. The number of hydrogen-bond acceptors (Lipinski definition) is 5. The van der Waals surface area contributed by atoms with Crippen molar-refractivity contribution in [2.24, 2.45) is 0 Å². The number of rotatable bonds is 7. The first-order valence-corrected chi connectivity index (χ1v) is 10.1. The standard InChI is InChI=1S/C20H15Cl2FN2O3S/c21-15-16(25-29-18(15)22)20(27)28-17(13-8-4-5-9-14(13)23)19(26)24-11-10-12-6-2-1-3-7-12/h1-9,17H,10-11H2,(H,24,26)/t17-/m1/s1. The van der Waals surface area contributed by atoms with Gasteiger partial charge in [0.05, 0.1) is 0 Å². The molecule has 1 N–H and O–H groups in total. The van der Waals surface area contributed by atoms with Crippen molar-refractivity contribution in [1.29, 1.82) is 0 Å². The van der Waals surface area contributed by atoms with Gasteiger partial charge in [-0.2, -0.15) is 4.37 Å². The van der Waals surface area contributed by atoms with Gasteiger partial charge in [0.1, 0.15) is 15.2 Å². The number of nitrogens with one attached hydrogen (secondary N) is 1. The molecule has 1 amide bonds. The van der Waals surface area contributed by atoms with E-state index in [0.717, 1.165) is 17.1 Å². The lowest BCUT2D eigenvalue weighted by atomic mass is 10.1. The number of hydrogen-bond donors (Lipinski definition) is 1. The van der Waals surface area contributed by atoms with Crippen LogP contribution in [0.5, 0.6) is 0 Å². The molecule has 5 nitrogen and oxygen atoms in total. The van der Waals surface area contributed by atoms with Crippen molar-refractivity contribution in [2.75, 3.05) is 6.54 Å². The molecule has 1 aromatic heterocycles. The van der Waals surface area contributed by atoms with E-state index in [4.69, 9.17) is 27.9 Å². The highest BCUT2D eigenvalue weighted by atomic mass is 35.5. The highest BCUT2D eigenvalue weighted by Gasteiger charge is 2.30. The Balaban J connectivity index is 1.76. The minimum atomic E-state index is -1.50. The van der Waals surface area contributed by atoms with Crippen LogP contribution in [0, 0.1) is 5.82 Å². The Morgan fingerprint density at radius 1 is 1.10 bits per heavy atom. The SMILES string of the molecule is O=C(O[C@@H](C(=O)NCCc1ccccc1)c1ccccc1F)c1nsc(Cl)c1Cl. The molecule has 9 heteroatoms.